The van der Waals surface area contributed by atoms with E-state index in [9.17, 15) is 4.79 Å². The fourth-order valence-electron chi connectivity index (χ4n) is 4.92. The molecule has 0 saturated carbocycles. The molecule has 32 heavy (non-hydrogen) atoms. The second kappa shape index (κ2) is 9.92. The Hall–Kier alpha value is -2.57. The Labute approximate surface area is 196 Å². The van der Waals surface area contributed by atoms with Crippen molar-refractivity contribution < 1.29 is 4.79 Å². The lowest BCUT2D eigenvalue weighted by Gasteiger charge is -2.29. The molecule has 0 radical (unpaired) electrons. The lowest BCUT2D eigenvalue weighted by atomic mass is 10.0. The second-order valence-corrected chi connectivity index (χ2v) is 8.70. The summed E-state index contributed by atoms with van der Waals surface area (Å²) >= 11 is 0. The van der Waals surface area contributed by atoms with Gasteiger partial charge in [-0.3, -0.25) is 4.79 Å². The summed E-state index contributed by atoms with van der Waals surface area (Å²) in [6.45, 7) is 4.43. The minimum atomic E-state index is 0. The number of aryl methyl sites for hydroxylation is 1. The minimum Gasteiger partial charge on any atom is -0.370 e. The number of benzene rings is 2. The first kappa shape index (κ1) is 22.6. The molecule has 2 aliphatic heterocycles. The van der Waals surface area contributed by atoms with Gasteiger partial charge in [-0.05, 0) is 50.1 Å². The van der Waals surface area contributed by atoms with E-state index in [0.29, 0.717) is 0 Å². The van der Waals surface area contributed by atoms with E-state index in [0.717, 1.165) is 74.4 Å². The van der Waals surface area contributed by atoms with Gasteiger partial charge in [-0.1, -0.05) is 30.7 Å². The van der Waals surface area contributed by atoms with Crippen molar-refractivity contribution in [2.24, 2.45) is 7.05 Å². The lowest BCUT2D eigenvalue weighted by Crippen LogP contribution is -2.49. The number of amides is 1. The van der Waals surface area contributed by atoms with Crippen molar-refractivity contribution in [2.45, 2.75) is 31.7 Å². The molecule has 170 valence electrons. The van der Waals surface area contributed by atoms with Crippen molar-refractivity contribution in [3.8, 4) is 11.4 Å². The highest BCUT2D eigenvalue weighted by Gasteiger charge is 2.27. The van der Waals surface area contributed by atoms with E-state index in [4.69, 9.17) is 4.98 Å². The first-order valence-corrected chi connectivity index (χ1v) is 11.5. The van der Waals surface area contributed by atoms with Crippen LogP contribution < -0.4 is 10.2 Å². The van der Waals surface area contributed by atoms with Crippen LogP contribution in [0, 0.1) is 0 Å². The van der Waals surface area contributed by atoms with E-state index < -0.39 is 0 Å². The maximum absolute atomic E-state index is 12.9. The topological polar surface area (TPSA) is 53.4 Å². The van der Waals surface area contributed by atoms with Crippen molar-refractivity contribution in [3.05, 3.63) is 48.5 Å². The number of aromatic nitrogens is 2. The highest BCUT2D eigenvalue weighted by Crippen LogP contribution is 2.27. The van der Waals surface area contributed by atoms with Crippen LogP contribution in [0.5, 0.6) is 0 Å². The molecule has 3 aromatic rings. The first-order chi connectivity index (χ1) is 15.2. The van der Waals surface area contributed by atoms with Gasteiger partial charge in [-0.2, -0.15) is 0 Å². The Morgan fingerprint density at radius 1 is 1.00 bits per heavy atom. The van der Waals surface area contributed by atoms with Crippen LogP contribution in [-0.4, -0.2) is 59.1 Å². The molecule has 3 heterocycles. The third-order valence-electron chi connectivity index (χ3n) is 6.67. The zero-order valence-corrected chi connectivity index (χ0v) is 19.5. The van der Waals surface area contributed by atoms with Crippen LogP contribution in [0.3, 0.4) is 0 Å². The van der Waals surface area contributed by atoms with Crippen LogP contribution in [0.4, 0.5) is 5.69 Å². The summed E-state index contributed by atoms with van der Waals surface area (Å²) in [6.07, 6.45) is 4.30. The van der Waals surface area contributed by atoms with Gasteiger partial charge in [0.1, 0.15) is 5.82 Å². The van der Waals surface area contributed by atoms with Crippen LogP contribution >= 0.6 is 12.4 Å². The average molecular weight is 454 g/mol. The van der Waals surface area contributed by atoms with Gasteiger partial charge in [0.25, 0.3) is 0 Å². The molecule has 1 N–H and O–H groups in total. The summed E-state index contributed by atoms with van der Waals surface area (Å²) in [5.41, 5.74) is 4.49. The maximum Gasteiger partial charge on any atom is 0.239 e. The Bertz CT molecular complexity index is 1080. The van der Waals surface area contributed by atoms with E-state index >= 15 is 0 Å². The van der Waals surface area contributed by atoms with Gasteiger partial charge in [0.15, 0.2) is 0 Å². The molecule has 2 aliphatic rings. The third-order valence-corrected chi connectivity index (χ3v) is 6.67. The van der Waals surface area contributed by atoms with Crippen molar-refractivity contribution in [2.75, 3.05) is 37.6 Å². The van der Waals surface area contributed by atoms with Crippen molar-refractivity contribution >= 4 is 35.0 Å². The minimum absolute atomic E-state index is 0. The summed E-state index contributed by atoms with van der Waals surface area (Å²) in [6, 6.07) is 16.9. The third kappa shape index (κ3) is 4.48. The van der Waals surface area contributed by atoms with Gasteiger partial charge < -0.3 is 19.7 Å². The molecule has 1 atom stereocenters. The molecule has 5 rings (SSSR count). The number of nitrogens with zero attached hydrogens (tertiary/aromatic N) is 4. The summed E-state index contributed by atoms with van der Waals surface area (Å²) in [7, 11) is 2.08. The molecule has 2 aromatic carbocycles. The van der Waals surface area contributed by atoms with E-state index in [-0.39, 0.29) is 24.4 Å². The number of para-hydroxylation sites is 2. The molecule has 0 aliphatic carbocycles. The van der Waals surface area contributed by atoms with E-state index in [1.165, 1.54) is 12.1 Å². The number of carbonyl (C=O) groups is 1. The largest absolute Gasteiger partial charge is 0.370 e. The predicted octanol–water partition coefficient (Wildman–Crippen LogP) is 3.84. The smallest absolute Gasteiger partial charge is 0.239 e. The van der Waals surface area contributed by atoms with E-state index in [1.54, 1.807) is 0 Å². The van der Waals surface area contributed by atoms with Crippen molar-refractivity contribution in [1.82, 2.24) is 19.8 Å². The number of halogens is 1. The number of fused-ring (bicyclic) bond motifs is 1. The van der Waals surface area contributed by atoms with Crippen LogP contribution in [0.1, 0.15) is 25.7 Å². The molecular weight excluding hydrogens is 422 g/mol. The Kier molecular flexibility index (Phi) is 7.01. The normalized spacial score (nSPS) is 19.5. The molecular formula is C25H32ClN5O. The molecule has 7 heteroatoms. The number of anilines is 1. The summed E-state index contributed by atoms with van der Waals surface area (Å²) in [4.78, 5) is 22.3. The first-order valence-electron chi connectivity index (χ1n) is 11.5. The SMILES string of the molecule is Cl.Cn1c(-c2cccc(N3CCCN(C(=O)[C@@H]4CCCCN4)CC3)c2)nc2ccccc21. The standard InChI is InChI=1S/C25H31N5O.ClH/c1-28-23-12-3-2-10-21(23)27-24(28)19-8-6-9-20(18-19)29-14-7-15-30(17-16-29)25(31)22-11-4-5-13-26-22;/h2-3,6,8-10,12,18,22,26H,4-5,7,11,13-17H2,1H3;1H/t22-;/m0./s1. The fraction of sp³-hybridized carbons (Fsp3) is 0.440. The Balaban J connectivity index is 0.00000245. The lowest BCUT2D eigenvalue weighted by molar-refractivity contribution is -0.133. The van der Waals surface area contributed by atoms with Gasteiger partial charge in [0.2, 0.25) is 5.91 Å². The van der Waals surface area contributed by atoms with E-state index in [2.05, 4.69) is 69.2 Å². The van der Waals surface area contributed by atoms with Gasteiger partial charge in [0.05, 0.1) is 17.1 Å². The fourth-order valence-corrected chi connectivity index (χ4v) is 4.92. The van der Waals surface area contributed by atoms with Crippen molar-refractivity contribution in [1.29, 1.82) is 0 Å². The maximum atomic E-state index is 12.9. The molecule has 6 nitrogen and oxygen atoms in total. The highest BCUT2D eigenvalue weighted by atomic mass is 35.5. The molecule has 0 unspecified atom stereocenters. The van der Waals surface area contributed by atoms with Crippen LogP contribution in [0.15, 0.2) is 48.5 Å². The molecule has 1 aromatic heterocycles. The number of imidazole rings is 1. The van der Waals surface area contributed by atoms with Crippen molar-refractivity contribution in [3.63, 3.8) is 0 Å². The zero-order chi connectivity index (χ0) is 21.2. The number of piperidine rings is 1. The summed E-state index contributed by atoms with van der Waals surface area (Å²) < 4.78 is 2.16. The van der Waals surface area contributed by atoms with E-state index in [1.807, 2.05) is 6.07 Å². The number of hydrogen-bond donors (Lipinski definition) is 1. The van der Waals surface area contributed by atoms with Crippen LogP contribution in [-0.2, 0) is 11.8 Å². The molecule has 0 bridgehead atoms. The van der Waals surface area contributed by atoms with Gasteiger partial charge >= 0.3 is 0 Å². The Morgan fingerprint density at radius 3 is 2.69 bits per heavy atom. The quantitative estimate of drug-likeness (QED) is 0.654. The van der Waals surface area contributed by atoms with Crippen LogP contribution in [0.25, 0.3) is 22.4 Å². The number of carbonyl (C=O) groups excluding carboxylic acids is 1. The van der Waals surface area contributed by atoms with Gasteiger partial charge in [0, 0.05) is 44.5 Å². The Morgan fingerprint density at radius 2 is 1.88 bits per heavy atom. The van der Waals surface area contributed by atoms with Gasteiger partial charge in [-0.15, -0.1) is 12.4 Å². The highest BCUT2D eigenvalue weighted by molar-refractivity contribution is 5.85. The molecule has 0 spiro atoms. The molecule has 2 saturated heterocycles. The monoisotopic (exact) mass is 453 g/mol. The van der Waals surface area contributed by atoms with Gasteiger partial charge in [-0.25, -0.2) is 4.98 Å². The predicted molar refractivity (Wildman–Crippen MR) is 132 cm³/mol. The molecule has 2 fully saturated rings. The molecule has 1 amide bonds. The number of nitrogens with one attached hydrogen (secondary N) is 1. The number of rotatable bonds is 3. The summed E-state index contributed by atoms with van der Waals surface area (Å²) in [5.74, 6) is 1.27. The number of hydrogen-bond acceptors (Lipinski definition) is 4. The zero-order valence-electron chi connectivity index (χ0n) is 18.7. The average Bonchev–Trinajstić information content (AvgIpc) is 2.99. The summed E-state index contributed by atoms with van der Waals surface area (Å²) in [5, 5.41) is 3.41. The second-order valence-electron chi connectivity index (χ2n) is 8.70. The van der Waals surface area contributed by atoms with Crippen LogP contribution in [0.2, 0.25) is 0 Å².